The zero-order valence-electron chi connectivity index (χ0n) is 11.8. The van der Waals surface area contributed by atoms with Crippen LogP contribution in [-0.2, 0) is 4.79 Å². The summed E-state index contributed by atoms with van der Waals surface area (Å²) in [4.78, 5) is 23.6. The van der Waals surface area contributed by atoms with Gasteiger partial charge in [0.2, 0.25) is 5.91 Å². The van der Waals surface area contributed by atoms with E-state index < -0.39 is 0 Å². The van der Waals surface area contributed by atoms with Crippen LogP contribution < -0.4 is 11.2 Å². The minimum Gasteiger partial charge on any atom is -0.380 e. The zero-order valence-corrected chi connectivity index (χ0v) is 11.8. The lowest BCUT2D eigenvalue weighted by atomic mass is 10.3. The van der Waals surface area contributed by atoms with Crippen LogP contribution in [0.2, 0.25) is 0 Å². The number of para-hydroxylation sites is 1. The molecule has 8 nitrogen and oxygen atoms in total. The fourth-order valence-electron chi connectivity index (χ4n) is 1.99. The fourth-order valence-corrected chi connectivity index (χ4v) is 1.99. The summed E-state index contributed by atoms with van der Waals surface area (Å²) in [5, 5.41) is 3.78. The zero-order chi connectivity index (χ0) is 15.5. The molecule has 2 heterocycles. The first-order valence-corrected chi connectivity index (χ1v) is 6.50. The molecule has 3 N–H and O–H groups in total. The molecule has 1 aromatic carbocycles. The number of benzene rings is 1. The maximum Gasteiger partial charge on any atom is 0.237 e. The lowest BCUT2D eigenvalue weighted by molar-refractivity contribution is -0.118. The molecule has 0 atom stereocenters. The number of hydrazone groups is 1. The molecule has 0 aliphatic rings. The van der Waals surface area contributed by atoms with E-state index in [1.807, 2.05) is 34.9 Å². The van der Waals surface area contributed by atoms with Crippen molar-refractivity contribution in [2.75, 3.05) is 0 Å². The molecule has 1 amide bonds. The van der Waals surface area contributed by atoms with E-state index in [4.69, 9.17) is 5.73 Å². The Labute approximate surface area is 125 Å². The Morgan fingerprint density at radius 2 is 2.00 bits per heavy atom. The second-order valence-electron chi connectivity index (χ2n) is 4.51. The van der Waals surface area contributed by atoms with Crippen molar-refractivity contribution < 1.29 is 4.79 Å². The Morgan fingerprint density at radius 1 is 1.23 bits per heavy atom. The number of imidazole rings is 1. The molecule has 110 valence electrons. The lowest BCUT2D eigenvalue weighted by Crippen LogP contribution is -2.23. The maximum atomic E-state index is 10.9. The number of carbonyl (C=O) groups excluding carboxylic acids is 1. The van der Waals surface area contributed by atoms with Crippen LogP contribution in [0.25, 0.3) is 16.9 Å². The standard InChI is InChI=1S/C14H13N7O/c1-9(22)19-20-13(15)11-12-14(17-7-16-11)21(8-18-12)10-5-3-2-4-6-10/h2-8H,1H3,(H2,15,20)(H,19,22). The molecular formula is C14H13N7O. The second-order valence-corrected chi connectivity index (χ2v) is 4.51. The largest absolute Gasteiger partial charge is 0.380 e. The topological polar surface area (TPSA) is 111 Å². The normalized spacial score (nSPS) is 11.6. The summed E-state index contributed by atoms with van der Waals surface area (Å²) in [5.74, 6) is -0.246. The monoisotopic (exact) mass is 295 g/mol. The molecule has 0 unspecified atom stereocenters. The quantitative estimate of drug-likeness (QED) is 0.417. The Kier molecular flexibility index (Phi) is 3.48. The summed E-state index contributed by atoms with van der Waals surface area (Å²) in [5.41, 5.74) is 10.5. The minimum atomic E-state index is -0.317. The van der Waals surface area contributed by atoms with Gasteiger partial charge in [0.1, 0.15) is 23.9 Å². The second kappa shape index (κ2) is 5.60. The van der Waals surface area contributed by atoms with Gasteiger partial charge in [-0.05, 0) is 12.1 Å². The predicted molar refractivity (Wildman–Crippen MR) is 81.2 cm³/mol. The molecule has 0 aliphatic carbocycles. The van der Waals surface area contributed by atoms with Crippen molar-refractivity contribution in [2.24, 2.45) is 10.8 Å². The number of nitrogens with zero attached hydrogens (tertiary/aromatic N) is 5. The third kappa shape index (κ3) is 2.49. The van der Waals surface area contributed by atoms with E-state index >= 15 is 0 Å². The molecule has 0 fully saturated rings. The van der Waals surface area contributed by atoms with Gasteiger partial charge in [-0.2, -0.15) is 5.10 Å². The number of nitrogens with two attached hydrogens (primary N) is 1. The van der Waals surface area contributed by atoms with Crippen molar-refractivity contribution >= 4 is 22.9 Å². The van der Waals surface area contributed by atoms with E-state index in [2.05, 4.69) is 25.5 Å². The highest BCUT2D eigenvalue weighted by Crippen LogP contribution is 2.17. The Bertz CT molecular complexity index is 854. The first-order chi connectivity index (χ1) is 10.7. The summed E-state index contributed by atoms with van der Waals surface area (Å²) in [6, 6.07) is 9.67. The van der Waals surface area contributed by atoms with Crippen molar-refractivity contribution in [3.8, 4) is 5.69 Å². The van der Waals surface area contributed by atoms with Crippen LogP contribution in [0.3, 0.4) is 0 Å². The molecule has 22 heavy (non-hydrogen) atoms. The Morgan fingerprint density at radius 3 is 2.73 bits per heavy atom. The molecule has 0 spiro atoms. The van der Waals surface area contributed by atoms with Crippen LogP contribution in [-0.4, -0.2) is 31.3 Å². The number of rotatable bonds is 3. The van der Waals surface area contributed by atoms with Crippen LogP contribution >= 0.6 is 0 Å². The van der Waals surface area contributed by atoms with Gasteiger partial charge in [-0.25, -0.2) is 20.4 Å². The van der Waals surface area contributed by atoms with E-state index in [1.54, 1.807) is 6.33 Å². The minimum absolute atomic E-state index is 0.0703. The third-order valence-corrected chi connectivity index (χ3v) is 2.94. The number of carbonyl (C=O) groups is 1. The van der Waals surface area contributed by atoms with Gasteiger partial charge in [0.25, 0.3) is 0 Å². The summed E-state index contributed by atoms with van der Waals surface area (Å²) in [6.07, 6.45) is 3.03. The Hall–Kier alpha value is -3.29. The van der Waals surface area contributed by atoms with Gasteiger partial charge in [-0.1, -0.05) is 18.2 Å². The van der Waals surface area contributed by atoms with Crippen LogP contribution in [0.1, 0.15) is 12.6 Å². The summed E-state index contributed by atoms with van der Waals surface area (Å²) >= 11 is 0. The van der Waals surface area contributed by atoms with Gasteiger partial charge in [0.05, 0.1) is 0 Å². The van der Waals surface area contributed by atoms with Crippen LogP contribution in [0.15, 0.2) is 48.1 Å². The predicted octanol–water partition coefficient (Wildman–Crippen LogP) is 0.572. The molecule has 0 saturated heterocycles. The summed E-state index contributed by atoms with van der Waals surface area (Å²) in [7, 11) is 0. The lowest BCUT2D eigenvalue weighted by Gasteiger charge is -2.04. The average molecular weight is 295 g/mol. The number of amidine groups is 1. The molecule has 0 radical (unpaired) electrons. The highest BCUT2D eigenvalue weighted by Gasteiger charge is 2.13. The number of amides is 1. The van der Waals surface area contributed by atoms with Crippen molar-refractivity contribution in [3.63, 3.8) is 0 Å². The third-order valence-electron chi connectivity index (χ3n) is 2.94. The molecular weight excluding hydrogens is 282 g/mol. The highest BCUT2D eigenvalue weighted by molar-refractivity contribution is 6.04. The van der Waals surface area contributed by atoms with E-state index in [9.17, 15) is 4.79 Å². The highest BCUT2D eigenvalue weighted by atomic mass is 16.2. The van der Waals surface area contributed by atoms with Crippen LogP contribution in [0, 0.1) is 0 Å². The SMILES string of the molecule is CC(=O)N/N=C(\N)c1ncnc2c1ncn2-c1ccccc1. The van der Waals surface area contributed by atoms with Crippen LogP contribution in [0.5, 0.6) is 0 Å². The molecule has 2 aromatic heterocycles. The first-order valence-electron chi connectivity index (χ1n) is 6.50. The molecule has 0 bridgehead atoms. The number of fused-ring (bicyclic) bond motifs is 1. The molecule has 0 saturated carbocycles. The van der Waals surface area contributed by atoms with E-state index in [-0.39, 0.29) is 11.7 Å². The molecule has 8 heteroatoms. The van der Waals surface area contributed by atoms with E-state index in [1.165, 1.54) is 13.3 Å². The van der Waals surface area contributed by atoms with Gasteiger partial charge < -0.3 is 5.73 Å². The average Bonchev–Trinajstić information content (AvgIpc) is 2.97. The van der Waals surface area contributed by atoms with Crippen molar-refractivity contribution in [3.05, 3.63) is 48.7 Å². The molecule has 3 rings (SSSR count). The van der Waals surface area contributed by atoms with Gasteiger partial charge in [-0.3, -0.25) is 9.36 Å². The van der Waals surface area contributed by atoms with Gasteiger partial charge in [-0.15, -0.1) is 0 Å². The smallest absolute Gasteiger partial charge is 0.237 e. The Balaban J connectivity index is 2.10. The molecule has 3 aromatic rings. The van der Waals surface area contributed by atoms with E-state index in [0.29, 0.717) is 16.9 Å². The van der Waals surface area contributed by atoms with Crippen molar-refractivity contribution in [2.45, 2.75) is 6.92 Å². The van der Waals surface area contributed by atoms with Crippen molar-refractivity contribution in [1.29, 1.82) is 0 Å². The maximum absolute atomic E-state index is 10.9. The van der Waals surface area contributed by atoms with Gasteiger partial charge in [0.15, 0.2) is 11.5 Å². The number of hydrogen-bond acceptors (Lipinski definition) is 5. The fraction of sp³-hybridized carbons (Fsp3) is 0.0714. The van der Waals surface area contributed by atoms with Gasteiger partial charge >= 0.3 is 0 Å². The molecule has 0 aliphatic heterocycles. The number of aromatic nitrogens is 4. The van der Waals surface area contributed by atoms with Crippen LogP contribution in [0.4, 0.5) is 0 Å². The summed E-state index contributed by atoms with van der Waals surface area (Å²) < 4.78 is 1.83. The number of nitrogens with one attached hydrogen (secondary N) is 1. The number of hydrogen-bond donors (Lipinski definition) is 2. The van der Waals surface area contributed by atoms with E-state index in [0.717, 1.165) is 5.69 Å². The van der Waals surface area contributed by atoms with Gasteiger partial charge in [0, 0.05) is 12.6 Å². The summed E-state index contributed by atoms with van der Waals surface area (Å²) in [6.45, 7) is 1.34. The first kappa shape index (κ1) is 13.7. The van der Waals surface area contributed by atoms with Crippen molar-refractivity contribution in [1.82, 2.24) is 24.9 Å².